The average Bonchev–Trinajstić information content (AvgIpc) is 2.45. The molecule has 1 saturated heterocycles. The van der Waals surface area contributed by atoms with Crippen molar-refractivity contribution >= 4 is 5.91 Å². The Morgan fingerprint density at radius 1 is 1.60 bits per heavy atom. The molecule has 0 bridgehead atoms. The minimum Gasteiger partial charge on any atom is -0.394 e. The molecule has 1 aliphatic heterocycles. The van der Waals surface area contributed by atoms with E-state index in [1.54, 1.807) is 0 Å². The van der Waals surface area contributed by atoms with E-state index >= 15 is 0 Å². The summed E-state index contributed by atoms with van der Waals surface area (Å²) < 4.78 is 10.8. The predicted octanol–water partition coefficient (Wildman–Crippen LogP) is -0.358. The topological polar surface area (TPSA) is 93.8 Å². The number of ether oxygens (including phenoxy) is 2. The quantitative estimate of drug-likeness (QED) is 0.642. The van der Waals surface area contributed by atoms with Crippen molar-refractivity contribution in [3.63, 3.8) is 0 Å². The molecular weight excluding hydrogens is 260 g/mol. The summed E-state index contributed by atoms with van der Waals surface area (Å²) in [6, 6.07) is -0.424. The van der Waals surface area contributed by atoms with Crippen molar-refractivity contribution in [3.05, 3.63) is 0 Å². The van der Waals surface area contributed by atoms with Gasteiger partial charge in [0.1, 0.15) is 5.54 Å². The SMILES string of the molecule is COCC(CO)NC(=O)C1(N)C2CCCOC2C1(C)C. The van der Waals surface area contributed by atoms with E-state index in [4.69, 9.17) is 15.2 Å². The minimum absolute atomic E-state index is 0.0435. The second-order valence-electron chi connectivity index (χ2n) is 6.44. The molecule has 0 aromatic heterocycles. The first-order valence-electron chi connectivity index (χ1n) is 7.20. The number of hydrogen-bond acceptors (Lipinski definition) is 5. The van der Waals surface area contributed by atoms with Crippen molar-refractivity contribution in [1.29, 1.82) is 0 Å². The fourth-order valence-corrected chi connectivity index (χ4v) is 3.68. The predicted molar refractivity (Wildman–Crippen MR) is 74.1 cm³/mol. The van der Waals surface area contributed by atoms with E-state index in [0.717, 1.165) is 19.4 Å². The lowest BCUT2D eigenvalue weighted by Crippen LogP contribution is -2.82. The van der Waals surface area contributed by atoms with Crippen molar-refractivity contribution < 1.29 is 19.4 Å². The summed E-state index contributed by atoms with van der Waals surface area (Å²) in [7, 11) is 1.53. The van der Waals surface area contributed by atoms with Gasteiger partial charge in [0, 0.05) is 25.0 Å². The molecule has 0 radical (unpaired) electrons. The third-order valence-corrected chi connectivity index (χ3v) is 4.98. The Bertz CT molecular complexity index is 374. The summed E-state index contributed by atoms with van der Waals surface area (Å²) in [4.78, 5) is 12.6. The normalized spacial score (nSPS) is 36.6. The van der Waals surface area contributed by atoms with E-state index in [0.29, 0.717) is 0 Å². The molecule has 6 nitrogen and oxygen atoms in total. The van der Waals surface area contributed by atoms with Crippen molar-refractivity contribution in [2.24, 2.45) is 17.1 Å². The fourth-order valence-electron chi connectivity index (χ4n) is 3.68. The molecule has 20 heavy (non-hydrogen) atoms. The number of aliphatic hydroxyl groups is 1. The molecule has 0 aromatic carbocycles. The van der Waals surface area contributed by atoms with Gasteiger partial charge in [0.2, 0.25) is 5.91 Å². The van der Waals surface area contributed by atoms with Crippen LogP contribution in [0.3, 0.4) is 0 Å². The van der Waals surface area contributed by atoms with Gasteiger partial charge in [-0.3, -0.25) is 4.79 Å². The second-order valence-corrected chi connectivity index (χ2v) is 6.44. The molecule has 0 spiro atoms. The van der Waals surface area contributed by atoms with Crippen LogP contribution in [0, 0.1) is 11.3 Å². The maximum Gasteiger partial charge on any atom is 0.241 e. The van der Waals surface area contributed by atoms with Crippen LogP contribution >= 0.6 is 0 Å². The van der Waals surface area contributed by atoms with Crippen LogP contribution in [-0.4, -0.2) is 55.6 Å². The Morgan fingerprint density at radius 2 is 2.30 bits per heavy atom. The van der Waals surface area contributed by atoms with E-state index < -0.39 is 17.0 Å². The lowest BCUT2D eigenvalue weighted by molar-refractivity contribution is -0.225. The Kier molecular flexibility index (Phi) is 4.39. The number of carbonyl (C=O) groups excluding carboxylic acids is 1. The molecule has 0 aromatic rings. The van der Waals surface area contributed by atoms with E-state index in [-0.39, 0.29) is 31.1 Å². The number of hydrogen-bond donors (Lipinski definition) is 3. The highest BCUT2D eigenvalue weighted by molar-refractivity contribution is 5.89. The van der Waals surface area contributed by atoms with Crippen LogP contribution < -0.4 is 11.1 Å². The van der Waals surface area contributed by atoms with Gasteiger partial charge in [0.15, 0.2) is 0 Å². The number of fused-ring (bicyclic) bond motifs is 1. The van der Waals surface area contributed by atoms with Crippen LogP contribution in [0.5, 0.6) is 0 Å². The first-order chi connectivity index (χ1) is 9.39. The number of nitrogens with two attached hydrogens (primary N) is 1. The standard InChI is InChI=1S/C14H26N2O4/c1-13(2)11-10(5-4-6-20-11)14(13,15)12(18)16-9(7-17)8-19-3/h9-11,17H,4-8,15H2,1-3H3,(H,16,18). The van der Waals surface area contributed by atoms with Gasteiger partial charge in [0.05, 0.1) is 25.4 Å². The molecule has 1 aliphatic carbocycles. The van der Waals surface area contributed by atoms with Gasteiger partial charge in [-0.15, -0.1) is 0 Å². The van der Waals surface area contributed by atoms with E-state index in [1.807, 2.05) is 13.8 Å². The second kappa shape index (κ2) is 5.60. The molecule has 1 saturated carbocycles. The zero-order valence-corrected chi connectivity index (χ0v) is 12.5. The molecule has 116 valence electrons. The van der Waals surface area contributed by atoms with Gasteiger partial charge in [-0.05, 0) is 12.8 Å². The van der Waals surface area contributed by atoms with Gasteiger partial charge >= 0.3 is 0 Å². The lowest BCUT2D eigenvalue weighted by atomic mass is 9.46. The van der Waals surface area contributed by atoms with Crippen LogP contribution in [0.4, 0.5) is 0 Å². The molecule has 6 heteroatoms. The van der Waals surface area contributed by atoms with Gasteiger partial charge in [0.25, 0.3) is 0 Å². The van der Waals surface area contributed by atoms with Gasteiger partial charge in [-0.2, -0.15) is 0 Å². The summed E-state index contributed by atoms with van der Waals surface area (Å²) in [5.74, 6) is -0.168. The summed E-state index contributed by atoms with van der Waals surface area (Å²) in [5.41, 5.74) is 5.11. The zero-order chi connectivity index (χ0) is 15.0. The molecule has 1 heterocycles. The Morgan fingerprint density at radius 3 is 2.90 bits per heavy atom. The summed E-state index contributed by atoms with van der Waals surface area (Å²) in [6.07, 6.45) is 1.89. The third kappa shape index (κ3) is 2.15. The van der Waals surface area contributed by atoms with Crippen molar-refractivity contribution in [2.45, 2.75) is 44.4 Å². The molecule has 4 unspecified atom stereocenters. The first kappa shape index (κ1) is 15.7. The van der Waals surface area contributed by atoms with Crippen LogP contribution in [0.2, 0.25) is 0 Å². The van der Waals surface area contributed by atoms with E-state index in [2.05, 4.69) is 5.32 Å². The van der Waals surface area contributed by atoms with Gasteiger partial charge < -0.3 is 25.6 Å². The molecular formula is C14H26N2O4. The highest BCUT2D eigenvalue weighted by Gasteiger charge is 2.70. The zero-order valence-electron chi connectivity index (χ0n) is 12.5. The van der Waals surface area contributed by atoms with E-state index in [1.165, 1.54) is 7.11 Å². The lowest BCUT2D eigenvalue weighted by Gasteiger charge is -2.65. The van der Waals surface area contributed by atoms with Crippen molar-refractivity contribution in [1.82, 2.24) is 5.32 Å². The van der Waals surface area contributed by atoms with Crippen LogP contribution in [-0.2, 0) is 14.3 Å². The number of amides is 1. The molecule has 4 N–H and O–H groups in total. The van der Waals surface area contributed by atoms with Crippen LogP contribution in [0.1, 0.15) is 26.7 Å². The fraction of sp³-hybridized carbons (Fsp3) is 0.929. The maximum atomic E-state index is 12.6. The summed E-state index contributed by atoms with van der Waals surface area (Å²) >= 11 is 0. The number of methoxy groups -OCH3 is 1. The number of nitrogens with one attached hydrogen (secondary N) is 1. The van der Waals surface area contributed by atoms with Crippen molar-refractivity contribution in [2.75, 3.05) is 26.9 Å². The molecule has 4 atom stereocenters. The monoisotopic (exact) mass is 286 g/mol. The van der Waals surface area contributed by atoms with Gasteiger partial charge in [-0.25, -0.2) is 0 Å². The third-order valence-electron chi connectivity index (χ3n) is 4.98. The average molecular weight is 286 g/mol. The summed E-state index contributed by atoms with van der Waals surface area (Å²) in [5, 5.41) is 12.1. The number of rotatable bonds is 5. The van der Waals surface area contributed by atoms with Gasteiger partial charge in [-0.1, -0.05) is 13.8 Å². The van der Waals surface area contributed by atoms with Crippen LogP contribution in [0.15, 0.2) is 0 Å². The van der Waals surface area contributed by atoms with Crippen LogP contribution in [0.25, 0.3) is 0 Å². The molecule has 1 amide bonds. The minimum atomic E-state index is -0.945. The Labute approximate surface area is 120 Å². The largest absolute Gasteiger partial charge is 0.394 e. The highest BCUT2D eigenvalue weighted by Crippen LogP contribution is 2.57. The Balaban J connectivity index is 2.11. The van der Waals surface area contributed by atoms with E-state index in [9.17, 15) is 9.90 Å². The smallest absolute Gasteiger partial charge is 0.241 e. The maximum absolute atomic E-state index is 12.6. The number of aliphatic hydroxyl groups excluding tert-OH is 1. The highest BCUT2D eigenvalue weighted by atomic mass is 16.5. The summed E-state index contributed by atoms with van der Waals surface area (Å²) in [6.45, 7) is 4.79. The Hall–Kier alpha value is -0.690. The first-order valence-corrected chi connectivity index (χ1v) is 7.20. The molecule has 2 aliphatic rings. The number of carbonyl (C=O) groups is 1. The van der Waals surface area contributed by atoms with Crippen molar-refractivity contribution in [3.8, 4) is 0 Å². The molecule has 2 rings (SSSR count). The molecule has 2 fully saturated rings.